The van der Waals surface area contributed by atoms with Crippen LogP contribution in [0.5, 0.6) is 0 Å². The number of anilines is 1. The lowest BCUT2D eigenvalue weighted by Crippen LogP contribution is -2.27. The van der Waals surface area contributed by atoms with Crippen LogP contribution in [0.2, 0.25) is 0 Å². The molecule has 2 aromatic rings. The maximum absolute atomic E-state index is 3.70. The van der Waals surface area contributed by atoms with Gasteiger partial charge >= 0.3 is 0 Å². The predicted molar refractivity (Wildman–Crippen MR) is 88.8 cm³/mol. The molecule has 1 aliphatic rings. The van der Waals surface area contributed by atoms with Crippen LogP contribution < -0.4 is 5.32 Å². The fraction of sp³-hybridized carbons (Fsp3) is 0.444. The number of para-hydroxylation sites is 1. The van der Waals surface area contributed by atoms with Gasteiger partial charge in [0.1, 0.15) is 0 Å². The number of fused-ring (bicyclic) bond motifs is 1. The van der Waals surface area contributed by atoms with Gasteiger partial charge in [0, 0.05) is 17.1 Å². The molecular weight excluding hydrogens is 262 g/mol. The molecule has 3 rings (SSSR count). The van der Waals surface area contributed by atoms with E-state index in [0.717, 1.165) is 12.5 Å². The van der Waals surface area contributed by atoms with E-state index in [0.29, 0.717) is 0 Å². The highest BCUT2D eigenvalue weighted by molar-refractivity contribution is 7.09. The number of nitrogens with one attached hydrogen (secondary N) is 1. The van der Waals surface area contributed by atoms with Crippen LogP contribution in [0.3, 0.4) is 0 Å². The highest BCUT2D eigenvalue weighted by Crippen LogP contribution is 2.36. The Balaban J connectivity index is 1.82. The van der Waals surface area contributed by atoms with Crippen LogP contribution in [0, 0.1) is 5.92 Å². The summed E-state index contributed by atoms with van der Waals surface area (Å²) in [5.74, 6) is 0.719. The lowest BCUT2D eigenvalue weighted by atomic mass is 9.81. The van der Waals surface area contributed by atoms with Gasteiger partial charge in [0.05, 0.1) is 0 Å². The predicted octanol–water partition coefficient (Wildman–Crippen LogP) is 4.87. The van der Waals surface area contributed by atoms with Gasteiger partial charge in [-0.1, -0.05) is 45.0 Å². The van der Waals surface area contributed by atoms with E-state index in [-0.39, 0.29) is 5.41 Å². The molecule has 1 atom stereocenters. The highest BCUT2D eigenvalue weighted by atomic mass is 32.1. The van der Waals surface area contributed by atoms with Crippen molar-refractivity contribution in [1.82, 2.24) is 0 Å². The van der Waals surface area contributed by atoms with Gasteiger partial charge < -0.3 is 5.32 Å². The first-order valence-corrected chi connectivity index (χ1v) is 8.30. The molecule has 0 bridgehead atoms. The Bertz CT molecular complexity index is 578. The SMILES string of the molecule is CC(C)(C)c1cccc2c1NCC(Cc1cccs1)C2. The fourth-order valence-corrected chi connectivity index (χ4v) is 3.91. The Morgan fingerprint density at radius 3 is 2.75 bits per heavy atom. The standard InChI is InChI=1S/C18H23NS/c1-18(2,3)16-8-4-6-14-10-13(12-19-17(14)16)11-15-7-5-9-20-15/h4-9,13,19H,10-12H2,1-3H3. The average Bonchev–Trinajstić information content (AvgIpc) is 2.89. The normalized spacial score (nSPS) is 18.4. The van der Waals surface area contributed by atoms with Gasteiger partial charge in [0.25, 0.3) is 0 Å². The number of rotatable bonds is 2. The van der Waals surface area contributed by atoms with Gasteiger partial charge in [-0.15, -0.1) is 11.3 Å². The van der Waals surface area contributed by atoms with Gasteiger partial charge in [-0.2, -0.15) is 0 Å². The second-order valence-electron chi connectivity index (χ2n) is 6.82. The molecule has 0 saturated heterocycles. The second kappa shape index (κ2) is 5.25. The van der Waals surface area contributed by atoms with Crippen molar-refractivity contribution < 1.29 is 0 Å². The zero-order valence-corrected chi connectivity index (χ0v) is 13.4. The summed E-state index contributed by atoms with van der Waals surface area (Å²) >= 11 is 1.88. The van der Waals surface area contributed by atoms with E-state index in [1.807, 2.05) is 11.3 Å². The number of benzene rings is 1. The van der Waals surface area contributed by atoms with Crippen molar-refractivity contribution >= 4 is 17.0 Å². The lowest BCUT2D eigenvalue weighted by molar-refractivity contribution is 0.530. The van der Waals surface area contributed by atoms with Crippen molar-refractivity contribution in [3.8, 4) is 0 Å². The van der Waals surface area contributed by atoms with E-state index in [1.165, 1.54) is 34.5 Å². The quantitative estimate of drug-likeness (QED) is 0.830. The van der Waals surface area contributed by atoms with Crippen molar-refractivity contribution in [3.05, 3.63) is 51.7 Å². The summed E-state index contributed by atoms with van der Waals surface area (Å²) in [5, 5.41) is 5.88. The van der Waals surface area contributed by atoms with Crippen LogP contribution >= 0.6 is 11.3 Å². The fourth-order valence-electron chi connectivity index (χ4n) is 3.09. The molecule has 20 heavy (non-hydrogen) atoms. The van der Waals surface area contributed by atoms with E-state index in [1.54, 1.807) is 0 Å². The van der Waals surface area contributed by atoms with E-state index < -0.39 is 0 Å². The van der Waals surface area contributed by atoms with Crippen LogP contribution in [0.1, 0.15) is 36.8 Å². The molecule has 1 aromatic heterocycles. The number of thiophene rings is 1. The molecule has 1 aliphatic heterocycles. The Morgan fingerprint density at radius 2 is 2.05 bits per heavy atom. The molecule has 1 aromatic carbocycles. The van der Waals surface area contributed by atoms with E-state index in [2.05, 4.69) is 61.8 Å². The van der Waals surface area contributed by atoms with Gasteiger partial charge in [0.15, 0.2) is 0 Å². The van der Waals surface area contributed by atoms with E-state index >= 15 is 0 Å². The smallest absolute Gasteiger partial charge is 0.0410 e. The average molecular weight is 285 g/mol. The summed E-state index contributed by atoms with van der Waals surface area (Å²) in [7, 11) is 0. The van der Waals surface area contributed by atoms with Crippen molar-refractivity contribution in [2.45, 2.75) is 39.0 Å². The Labute approximate surface area is 126 Å². The maximum Gasteiger partial charge on any atom is 0.0410 e. The zero-order chi connectivity index (χ0) is 14.2. The highest BCUT2D eigenvalue weighted by Gasteiger charge is 2.25. The molecular formula is C18H23NS. The van der Waals surface area contributed by atoms with Gasteiger partial charge in [0.2, 0.25) is 0 Å². The van der Waals surface area contributed by atoms with Crippen molar-refractivity contribution in [1.29, 1.82) is 0 Å². The van der Waals surface area contributed by atoms with Crippen molar-refractivity contribution in [2.24, 2.45) is 5.92 Å². The number of hydrogen-bond donors (Lipinski definition) is 1. The zero-order valence-electron chi connectivity index (χ0n) is 12.6. The third-order valence-electron chi connectivity index (χ3n) is 4.10. The lowest BCUT2D eigenvalue weighted by Gasteiger charge is -2.31. The molecule has 0 spiro atoms. The summed E-state index contributed by atoms with van der Waals surface area (Å²) < 4.78 is 0. The van der Waals surface area contributed by atoms with Crippen LogP contribution in [-0.2, 0) is 18.3 Å². The Kier molecular flexibility index (Phi) is 3.59. The molecule has 0 radical (unpaired) electrons. The van der Waals surface area contributed by atoms with Crippen molar-refractivity contribution in [3.63, 3.8) is 0 Å². The maximum atomic E-state index is 3.70. The largest absolute Gasteiger partial charge is 0.384 e. The molecule has 0 saturated carbocycles. The molecule has 106 valence electrons. The minimum absolute atomic E-state index is 0.207. The topological polar surface area (TPSA) is 12.0 Å². The summed E-state index contributed by atoms with van der Waals surface area (Å²) in [5.41, 5.74) is 4.54. The van der Waals surface area contributed by atoms with Crippen molar-refractivity contribution in [2.75, 3.05) is 11.9 Å². The van der Waals surface area contributed by atoms with Crippen LogP contribution in [-0.4, -0.2) is 6.54 Å². The van der Waals surface area contributed by atoms with Gasteiger partial charge in [-0.25, -0.2) is 0 Å². The van der Waals surface area contributed by atoms with E-state index in [4.69, 9.17) is 0 Å². The first-order chi connectivity index (χ1) is 9.54. The molecule has 2 heterocycles. The first-order valence-electron chi connectivity index (χ1n) is 7.42. The minimum atomic E-state index is 0.207. The van der Waals surface area contributed by atoms with Crippen LogP contribution in [0.25, 0.3) is 0 Å². The summed E-state index contributed by atoms with van der Waals surface area (Å²) in [6.45, 7) is 7.98. The molecule has 1 N–H and O–H groups in total. The molecule has 1 unspecified atom stereocenters. The van der Waals surface area contributed by atoms with Crippen LogP contribution in [0.4, 0.5) is 5.69 Å². The first kappa shape index (κ1) is 13.7. The summed E-state index contributed by atoms with van der Waals surface area (Å²) in [6, 6.07) is 11.2. The molecule has 0 amide bonds. The minimum Gasteiger partial charge on any atom is -0.384 e. The number of hydrogen-bond acceptors (Lipinski definition) is 2. The monoisotopic (exact) mass is 285 g/mol. The Hall–Kier alpha value is -1.28. The van der Waals surface area contributed by atoms with Crippen LogP contribution in [0.15, 0.2) is 35.7 Å². The second-order valence-corrected chi connectivity index (χ2v) is 7.86. The summed E-state index contributed by atoms with van der Waals surface area (Å²) in [6.07, 6.45) is 2.40. The molecule has 0 aliphatic carbocycles. The molecule has 1 nitrogen and oxygen atoms in total. The third-order valence-corrected chi connectivity index (χ3v) is 5.00. The Morgan fingerprint density at radius 1 is 1.20 bits per heavy atom. The van der Waals surface area contributed by atoms with E-state index in [9.17, 15) is 0 Å². The summed E-state index contributed by atoms with van der Waals surface area (Å²) in [4.78, 5) is 1.51. The molecule has 0 fully saturated rings. The third kappa shape index (κ3) is 2.76. The van der Waals surface area contributed by atoms with Gasteiger partial charge in [-0.3, -0.25) is 0 Å². The van der Waals surface area contributed by atoms with Gasteiger partial charge in [-0.05, 0) is 46.7 Å². The molecule has 2 heteroatoms.